The Kier molecular flexibility index (Phi) is 4.64. The molecular formula is C13H12ClN3O3S. The lowest BCUT2D eigenvalue weighted by molar-refractivity contribution is -0.384. The topological polar surface area (TPSA) is 88.9 Å². The minimum absolute atomic E-state index is 0.0743. The van der Waals surface area contributed by atoms with Gasteiger partial charge in [-0.05, 0) is 24.8 Å². The second-order valence-electron chi connectivity index (χ2n) is 4.36. The van der Waals surface area contributed by atoms with E-state index in [2.05, 4.69) is 9.97 Å². The summed E-state index contributed by atoms with van der Waals surface area (Å²) in [7, 11) is 0. The van der Waals surface area contributed by atoms with Crippen molar-refractivity contribution >= 4 is 29.1 Å². The quantitative estimate of drug-likeness (QED) is 0.404. The standard InChI is InChI=1S/C13H12ClN3O3S/c1-7-9(12(18)16-13(15-7)21-2)5-8-3-4-10(14)11(6-8)17(19)20/h3-4,6H,5H2,1-2H3,(H,15,16,18). The number of halogens is 1. The lowest BCUT2D eigenvalue weighted by atomic mass is 10.0. The van der Waals surface area contributed by atoms with Gasteiger partial charge >= 0.3 is 0 Å². The summed E-state index contributed by atoms with van der Waals surface area (Å²) >= 11 is 7.12. The van der Waals surface area contributed by atoms with E-state index in [-0.39, 0.29) is 22.7 Å². The summed E-state index contributed by atoms with van der Waals surface area (Å²) in [6.07, 6.45) is 2.08. The number of rotatable bonds is 4. The van der Waals surface area contributed by atoms with Crippen LogP contribution in [0.1, 0.15) is 16.8 Å². The Balaban J connectivity index is 2.41. The van der Waals surface area contributed by atoms with E-state index in [0.717, 1.165) is 0 Å². The van der Waals surface area contributed by atoms with Crippen molar-refractivity contribution in [2.75, 3.05) is 6.26 Å². The predicted molar refractivity (Wildman–Crippen MR) is 82.3 cm³/mol. The SMILES string of the molecule is CSc1nc(C)c(Cc2ccc(Cl)c([N+](=O)[O-])c2)c(=O)[nH]1. The number of nitrogens with zero attached hydrogens (tertiary/aromatic N) is 2. The highest BCUT2D eigenvalue weighted by atomic mass is 35.5. The molecule has 0 radical (unpaired) electrons. The van der Waals surface area contributed by atoms with E-state index in [1.807, 2.05) is 6.26 Å². The molecule has 0 spiro atoms. The first-order valence-electron chi connectivity index (χ1n) is 5.99. The molecule has 0 aliphatic heterocycles. The van der Waals surface area contributed by atoms with Crippen LogP contribution in [0.25, 0.3) is 0 Å². The normalized spacial score (nSPS) is 10.6. The van der Waals surface area contributed by atoms with Crippen molar-refractivity contribution in [3.63, 3.8) is 0 Å². The molecule has 0 atom stereocenters. The first-order chi connectivity index (χ1) is 9.92. The van der Waals surface area contributed by atoms with E-state index in [0.29, 0.717) is 22.0 Å². The van der Waals surface area contributed by atoms with E-state index < -0.39 is 4.92 Å². The van der Waals surface area contributed by atoms with Crippen molar-refractivity contribution in [1.29, 1.82) is 0 Å². The van der Waals surface area contributed by atoms with Crippen molar-refractivity contribution in [2.45, 2.75) is 18.5 Å². The van der Waals surface area contributed by atoms with Gasteiger partial charge in [-0.2, -0.15) is 0 Å². The van der Waals surface area contributed by atoms with Crippen molar-refractivity contribution in [2.24, 2.45) is 0 Å². The second kappa shape index (κ2) is 6.28. The van der Waals surface area contributed by atoms with Gasteiger partial charge in [-0.3, -0.25) is 14.9 Å². The Bertz CT molecular complexity index is 761. The fourth-order valence-electron chi connectivity index (χ4n) is 1.90. The van der Waals surface area contributed by atoms with Crippen molar-refractivity contribution < 1.29 is 4.92 Å². The molecule has 1 heterocycles. The highest BCUT2D eigenvalue weighted by Crippen LogP contribution is 2.26. The molecule has 0 amide bonds. The van der Waals surface area contributed by atoms with Crippen molar-refractivity contribution in [3.8, 4) is 0 Å². The number of nitrogens with one attached hydrogen (secondary N) is 1. The molecule has 21 heavy (non-hydrogen) atoms. The van der Waals surface area contributed by atoms with Gasteiger partial charge in [0.25, 0.3) is 11.2 Å². The molecule has 6 nitrogen and oxygen atoms in total. The number of aromatic amines is 1. The second-order valence-corrected chi connectivity index (χ2v) is 5.56. The zero-order chi connectivity index (χ0) is 15.6. The molecule has 1 N–H and O–H groups in total. The molecule has 110 valence electrons. The Morgan fingerprint density at radius 1 is 1.48 bits per heavy atom. The van der Waals surface area contributed by atoms with Crippen LogP contribution < -0.4 is 5.56 Å². The van der Waals surface area contributed by atoms with Gasteiger partial charge in [0, 0.05) is 23.7 Å². The monoisotopic (exact) mass is 325 g/mol. The van der Waals surface area contributed by atoms with Gasteiger partial charge in [0.15, 0.2) is 5.16 Å². The van der Waals surface area contributed by atoms with Crippen molar-refractivity contribution in [1.82, 2.24) is 9.97 Å². The maximum atomic E-state index is 12.0. The Morgan fingerprint density at radius 3 is 2.76 bits per heavy atom. The molecule has 0 fully saturated rings. The number of nitro groups is 1. The van der Waals surface area contributed by atoms with Gasteiger partial charge in [0.05, 0.1) is 4.92 Å². The number of aryl methyl sites for hydroxylation is 1. The molecule has 2 aromatic rings. The third kappa shape index (κ3) is 3.43. The number of H-pyrrole nitrogens is 1. The minimum Gasteiger partial charge on any atom is -0.301 e. The molecular weight excluding hydrogens is 314 g/mol. The van der Waals surface area contributed by atoms with Crippen LogP contribution in [0.2, 0.25) is 5.02 Å². The molecule has 0 saturated heterocycles. The van der Waals surface area contributed by atoms with Gasteiger partial charge in [-0.1, -0.05) is 29.4 Å². The molecule has 1 aromatic heterocycles. The Morgan fingerprint density at radius 2 is 2.19 bits per heavy atom. The summed E-state index contributed by atoms with van der Waals surface area (Å²) in [4.78, 5) is 29.3. The maximum Gasteiger partial charge on any atom is 0.288 e. The van der Waals surface area contributed by atoms with E-state index in [1.165, 1.54) is 23.9 Å². The Labute approximate surface area is 129 Å². The van der Waals surface area contributed by atoms with Crippen LogP contribution >= 0.6 is 23.4 Å². The first-order valence-corrected chi connectivity index (χ1v) is 7.59. The molecule has 0 saturated carbocycles. The molecule has 0 aliphatic rings. The third-order valence-electron chi connectivity index (χ3n) is 2.98. The fraction of sp³-hybridized carbons (Fsp3) is 0.231. The fourth-order valence-corrected chi connectivity index (χ4v) is 2.51. The average Bonchev–Trinajstić information content (AvgIpc) is 2.43. The van der Waals surface area contributed by atoms with Crippen LogP contribution in [0.3, 0.4) is 0 Å². The summed E-state index contributed by atoms with van der Waals surface area (Å²) in [6, 6.07) is 4.50. The van der Waals surface area contributed by atoms with Gasteiger partial charge in [-0.15, -0.1) is 0 Å². The minimum atomic E-state index is -0.544. The summed E-state index contributed by atoms with van der Waals surface area (Å²) in [5, 5.41) is 11.5. The van der Waals surface area contributed by atoms with Crippen LogP contribution in [0.4, 0.5) is 5.69 Å². The predicted octanol–water partition coefficient (Wildman–Crippen LogP) is 2.95. The number of benzene rings is 1. The van der Waals surface area contributed by atoms with Gasteiger partial charge in [0.2, 0.25) is 0 Å². The molecule has 0 unspecified atom stereocenters. The van der Waals surface area contributed by atoms with E-state index >= 15 is 0 Å². The summed E-state index contributed by atoms with van der Waals surface area (Å²) < 4.78 is 0. The van der Waals surface area contributed by atoms with Crippen molar-refractivity contribution in [3.05, 3.63) is 60.5 Å². The Hall–Kier alpha value is -1.86. The zero-order valence-electron chi connectivity index (χ0n) is 11.3. The van der Waals surface area contributed by atoms with E-state index in [9.17, 15) is 14.9 Å². The number of nitro benzene ring substituents is 1. The molecule has 0 bridgehead atoms. The van der Waals surface area contributed by atoms with Crippen LogP contribution in [-0.4, -0.2) is 21.1 Å². The highest BCUT2D eigenvalue weighted by Gasteiger charge is 2.15. The number of aromatic nitrogens is 2. The summed E-state index contributed by atoms with van der Waals surface area (Å²) in [5.74, 6) is 0. The lowest BCUT2D eigenvalue weighted by Gasteiger charge is -2.06. The number of thioether (sulfide) groups is 1. The van der Waals surface area contributed by atoms with Gasteiger partial charge in [-0.25, -0.2) is 4.98 Å². The molecule has 0 aliphatic carbocycles. The summed E-state index contributed by atoms with van der Waals surface area (Å²) in [5.41, 5.74) is 1.34. The third-order valence-corrected chi connectivity index (χ3v) is 3.88. The molecule has 2 rings (SSSR count). The largest absolute Gasteiger partial charge is 0.301 e. The molecule has 8 heteroatoms. The highest BCUT2D eigenvalue weighted by molar-refractivity contribution is 7.98. The van der Waals surface area contributed by atoms with Crippen LogP contribution in [0.15, 0.2) is 28.2 Å². The van der Waals surface area contributed by atoms with E-state index in [1.54, 1.807) is 13.0 Å². The lowest BCUT2D eigenvalue weighted by Crippen LogP contribution is -2.17. The average molecular weight is 326 g/mol. The first kappa shape index (κ1) is 15.5. The van der Waals surface area contributed by atoms with Crippen LogP contribution in [0.5, 0.6) is 0 Å². The number of hydrogen-bond acceptors (Lipinski definition) is 5. The van der Waals surface area contributed by atoms with Gasteiger partial charge in [0.1, 0.15) is 5.02 Å². The number of hydrogen-bond donors (Lipinski definition) is 1. The van der Waals surface area contributed by atoms with Crippen LogP contribution in [0, 0.1) is 17.0 Å². The van der Waals surface area contributed by atoms with Crippen LogP contribution in [-0.2, 0) is 6.42 Å². The smallest absolute Gasteiger partial charge is 0.288 e. The van der Waals surface area contributed by atoms with Gasteiger partial charge < -0.3 is 4.98 Å². The van der Waals surface area contributed by atoms with E-state index in [4.69, 9.17) is 11.6 Å². The summed E-state index contributed by atoms with van der Waals surface area (Å²) in [6.45, 7) is 1.74. The molecule has 1 aromatic carbocycles. The zero-order valence-corrected chi connectivity index (χ0v) is 12.9. The maximum absolute atomic E-state index is 12.0.